The average Bonchev–Trinajstić information content (AvgIpc) is 3.46. The van der Waals surface area contributed by atoms with E-state index in [0.717, 1.165) is 29.0 Å². The van der Waals surface area contributed by atoms with Crippen LogP contribution in [0.15, 0.2) is 82.6 Å². The minimum Gasteiger partial charge on any atom is -0.484 e. The van der Waals surface area contributed by atoms with Crippen LogP contribution >= 0.6 is 23.1 Å². The third-order valence-electron chi connectivity index (χ3n) is 7.23. The van der Waals surface area contributed by atoms with Crippen LogP contribution < -0.4 is 19.8 Å². The van der Waals surface area contributed by atoms with E-state index in [1.165, 1.54) is 28.8 Å². The number of nitrogens with zero attached hydrogens (tertiary/aromatic N) is 1. The third kappa shape index (κ3) is 5.45. The van der Waals surface area contributed by atoms with E-state index in [-0.39, 0.29) is 28.1 Å². The molecule has 0 aliphatic carbocycles. The smallest absolute Gasteiger partial charge is 0.418 e. The van der Waals surface area contributed by atoms with Crippen LogP contribution in [0.4, 0.5) is 24.5 Å². The fourth-order valence-electron chi connectivity index (χ4n) is 5.27. The summed E-state index contributed by atoms with van der Waals surface area (Å²) in [5.74, 6) is -2.58. The van der Waals surface area contributed by atoms with Crippen LogP contribution in [0.3, 0.4) is 0 Å². The van der Waals surface area contributed by atoms with Crippen LogP contribution in [-0.2, 0) is 20.6 Å². The number of carbonyl (C=O) groups excluding carboxylic acids is 3. The number of carbonyl (C=O) groups is 3. The van der Waals surface area contributed by atoms with Gasteiger partial charge in [0.05, 0.1) is 27.9 Å². The summed E-state index contributed by atoms with van der Waals surface area (Å²) in [4.78, 5) is 56.3. The first-order chi connectivity index (χ1) is 20.5. The number of alkyl halides is 3. The van der Waals surface area contributed by atoms with Crippen molar-refractivity contribution < 1.29 is 32.3 Å². The van der Waals surface area contributed by atoms with Gasteiger partial charge < -0.3 is 15.0 Å². The third-order valence-corrected chi connectivity index (χ3v) is 9.63. The summed E-state index contributed by atoms with van der Waals surface area (Å²) in [6.45, 7) is 1.36. The summed E-state index contributed by atoms with van der Waals surface area (Å²) in [5, 5.41) is 2.03. The largest absolute Gasteiger partial charge is 0.484 e. The molecule has 0 saturated carbocycles. The number of aromatic amines is 1. The number of hydrogen-bond acceptors (Lipinski definition) is 7. The van der Waals surface area contributed by atoms with Gasteiger partial charge in [-0.15, -0.1) is 0 Å². The molecule has 3 amide bonds. The summed E-state index contributed by atoms with van der Waals surface area (Å²) >= 11 is 2.17. The Hall–Kier alpha value is -4.36. The highest BCUT2D eigenvalue weighted by Gasteiger charge is 2.56. The number of thiazole rings is 1. The predicted molar refractivity (Wildman–Crippen MR) is 156 cm³/mol. The Kier molecular flexibility index (Phi) is 7.38. The van der Waals surface area contributed by atoms with Crippen LogP contribution in [-0.4, -0.2) is 34.6 Å². The molecule has 1 fully saturated rings. The van der Waals surface area contributed by atoms with Crippen LogP contribution in [0, 0.1) is 12.8 Å². The molecular weight excluding hydrogens is 603 g/mol. The second-order valence-corrected chi connectivity index (χ2v) is 12.2. The van der Waals surface area contributed by atoms with Crippen molar-refractivity contribution in [2.75, 3.05) is 16.8 Å². The van der Waals surface area contributed by atoms with Crippen molar-refractivity contribution in [2.24, 2.45) is 5.92 Å². The van der Waals surface area contributed by atoms with Gasteiger partial charge in [-0.25, -0.2) is 4.90 Å². The van der Waals surface area contributed by atoms with Gasteiger partial charge in [0.1, 0.15) is 11.0 Å². The number of aryl methyl sites for hydroxylation is 1. The minimum absolute atomic E-state index is 0.266. The Morgan fingerprint density at radius 3 is 2.37 bits per heavy atom. The number of fused-ring (bicyclic) bond motifs is 2. The number of para-hydroxylation sites is 1. The van der Waals surface area contributed by atoms with Gasteiger partial charge in [0.25, 0.3) is 5.91 Å². The van der Waals surface area contributed by atoms with Gasteiger partial charge in [-0.2, -0.15) is 13.2 Å². The monoisotopic (exact) mass is 625 g/mol. The maximum absolute atomic E-state index is 13.8. The Bertz CT molecular complexity index is 1780. The summed E-state index contributed by atoms with van der Waals surface area (Å²) in [7, 11) is 0. The first kappa shape index (κ1) is 28.7. The molecule has 3 aromatic carbocycles. The number of ether oxygens (including phenoxy) is 1. The maximum Gasteiger partial charge on any atom is 0.418 e. The first-order valence-corrected chi connectivity index (χ1v) is 14.7. The van der Waals surface area contributed by atoms with Crippen LogP contribution in [0.2, 0.25) is 0 Å². The molecule has 1 saturated heterocycles. The highest BCUT2D eigenvalue weighted by molar-refractivity contribution is 8.00. The molecule has 0 unspecified atom stereocenters. The number of thioether (sulfide) groups is 1. The normalized spacial score (nSPS) is 19.6. The maximum atomic E-state index is 13.8. The van der Waals surface area contributed by atoms with Gasteiger partial charge >= 0.3 is 11.0 Å². The summed E-state index contributed by atoms with van der Waals surface area (Å²) in [5.41, 5.74) is 0.781. The molecule has 2 aliphatic rings. The quantitative estimate of drug-likeness (QED) is 0.271. The molecule has 0 bridgehead atoms. The summed E-state index contributed by atoms with van der Waals surface area (Å²) < 4.78 is 45.2. The van der Waals surface area contributed by atoms with E-state index < -0.39 is 41.3 Å². The van der Waals surface area contributed by atoms with E-state index in [2.05, 4.69) is 10.3 Å². The molecule has 0 radical (unpaired) electrons. The molecule has 2 N–H and O–H groups in total. The molecule has 6 rings (SSSR count). The fraction of sp³-hybridized carbons (Fsp3) is 0.200. The highest BCUT2D eigenvalue weighted by Crippen LogP contribution is 2.53. The lowest BCUT2D eigenvalue weighted by molar-refractivity contribution is -0.137. The lowest BCUT2D eigenvalue weighted by Gasteiger charge is -2.29. The number of aromatic nitrogens is 1. The van der Waals surface area contributed by atoms with Crippen LogP contribution in [0.5, 0.6) is 5.75 Å². The number of halogens is 3. The van der Waals surface area contributed by atoms with Crippen molar-refractivity contribution in [1.29, 1.82) is 0 Å². The van der Waals surface area contributed by atoms with E-state index in [4.69, 9.17) is 4.74 Å². The van der Waals surface area contributed by atoms with Crippen LogP contribution in [0.1, 0.15) is 27.5 Å². The van der Waals surface area contributed by atoms with E-state index in [0.29, 0.717) is 21.2 Å². The van der Waals surface area contributed by atoms with Crippen molar-refractivity contribution in [3.05, 3.63) is 104 Å². The Balaban J connectivity index is 1.22. The first-order valence-electron chi connectivity index (χ1n) is 13.0. The van der Waals surface area contributed by atoms with Crippen LogP contribution in [0.25, 0.3) is 0 Å². The standard InChI is InChI=1S/C30H22F3N3O5S2/c1-15-6-10-17(11-7-15)36-27(38)23-22(24-26(35-29(40)43-24)42-25(23)28(36)39)16-8-12-18(13-9-16)41-14-21(37)34-20-5-3-2-4-19(20)30(31,32)33/h2-13,22-23,25H,14H2,1H3,(H,34,37)(H,35,40)/t22-,23-,25+/m0/s1. The Morgan fingerprint density at radius 1 is 0.977 bits per heavy atom. The molecule has 220 valence electrons. The Morgan fingerprint density at radius 2 is 1.67 bits per heavy atom. The predicted octanol–water partition coefficient (Wildman–Crippen LogP) is 5.58. The molecule has 3 heterocycles. The van der Waals surface area contributed by atoms with Crippen molar-refractivity contribution in [3.8, 4) is 5.75 Å². The number of anilines is 2. The molecule has 2 aliphatic heterocycles. The molecule has 1 aromatic heterocycles. The Labute approximate surface area is 250 Å². The lowest BCUT2D eigenvalue weighted by atomic mass is 9.83. The second kappa shape index (κ2) is 11.0. The van der Waals surface area contributed by atoms with E-state index >= 15 is 0 Å². The van der Waals surface area contributed by atoms with Crippen molar-refractivity contribution in [1.82, 2.24) is 4.98 Å². The average molecular weight is 626 g/mol. The lowest BCUT2D eigenvalue weighted by Crippen LogP contribution is -2.32. The zero-order valence-corrected chi connectivity index (χ0v) is 23.9. The van der Waals surface area contributed by atoms with Crippen molar-refractivity contribution in [2.45, 2.75) is 29.3 Å². The van der Waals surface area contributed by atoms with Gasteiger partial charge in [0.2, 0.25) is 11.8 Å². The molecule has 4 aromatic rings. The second-order valence-electron chi connectivity index (χ2n) is 10.0. The van der Waals surface area contributed by atoms with Crippen molar-refractivity contribution >= 4 is 52.2 Å². The summed E-state index contributed by atoms with van der Waals surface area (Å²) in [6, 6.07) is 18.2. The molecule has 3 atom stereocenters. The molecule has 0 spiro atoms. The van der Waals surface area contributed by atoms with Gasteiger partial charge in [0, 0.05) is 10.8 Å². The number of benzene rings is 3. The number of amides is 3. The van der Waals surface area contributed by atoms with Crippen molar-refractivity contribution in [3.63, 3.8) is 0 Å². The molecule has 13 heteroatoms. The number of H-pyrrole nitrogens is 1. The topological polar surface area (TPSA) is 109 Å². The van der Waals surface area contributed by atoms with E-state index in [9.17, 15) is 32.3 Å². The molecule has 8 nitrogen and oxygen atoms in total. The van der Waals surface area contributed by atoms with E-state index in [1.807, 2.05) is 19.1 Å². The zero-order chi connectivity index (χ0) is 30.5. The number of nitrogens with one attached hydrogen (secondary N) is 2. The van der Waals surface area contributed by atoms with E-state index in [1.54, 1.807) is 36.4 Å². The van der Waals surface area contributed by atoms with Gasteiger partial charge in [0.15, 0.2) is 6.61 Å². The fourth-order valence-corrected chi connectivity index (χ4v) is 7.79. The highest BCUT2D eigenvalue weighted by atomic mass is 32.2. The zero-order valence-electron chi connectivity index (χ0n) is 22.3. The van der Waals surface area contributed by atoms with Gasteiger partial charge in [-0.05, 0) is 48.9 Å². The molecule has 43 heavy (non-hydrogen) atoms. The van der Waals surface area contributed by atoms with Gasteiger partial charge in [-0.1, -0.05) is 65.1 Å². The molecular formula is C30H22F3N3O5S2. The summed E-state index contributed by atoms with van der Waals surface area (Å²) in [6.07, 6.45) is -4.63. The SMILES string of the molecule is Cc1ccc(N2C(=O)[C@H]3[C@H](c4ccc(OCC(=O)Nc5ccccc5C(F)(F)F)cc4)c4sc(=O)[nH]c4S[C@H]3C2=O)cc1. The number of hydrogen-bond donors (Lipinski definition) is 2. The van der Waals surface area contributed by atoms with Gasteiger partial charge in [-0.3, -0.25) is 19.2 Å². The number of rotatable bonds is 6. The number of imide groups is 1. The minimum atomic E-state index is -4.63.